The molecule has 0 atom stereocenters. The molecule has 0 saturated carbocycles. The predicted octanol–water partition coefficient (Wildman–Crippen LogP) is 3.74. The third-order valence-corrected chi connectivity index (χ3v) is 3.47. The van der Waals surface area contributed by atoms with Gasteiger partial charge < -0.3 is 4.90 Å². The molecule has 2 heteroatoms. The second-order valence-electron chi connectivity index (χ2n) is 7.06. The molecule has 1 aliphatic rings. The van der Waals surface area contributed by atoms with Gasteiger partial charge in [0.2, 0.25) is 0 Å². The molecule has 0 aliphatic carbocycles. The number of fused-ring (bicyclic) bond motifs is 1. The average molecular weight is 246 g/mol. The van der Waals surface area contributed by atoms with E-state index in [0.29, 0.717) is 12.6 Å². The zero-order chi connectivity index (χ0) is 14.6. The van der Waals surface area contributed by atoms with Gasteiger partial charge in [-0.3, -0.25) is 4.79 Å². The lowest BCUT2D eigenvalue weighted by atomic mass is 9.82. The Hall–Kier alpha value is -1.31. The molecule has 0 saturated heterocycles. The molecule has 0 fully saturated rings. The zero-order valence-electron chi connectivity index (χ0n) is 13.2. The van der Waals surface area contributed by atoms with Crippen molar-refractivity contribution in [3.8, 4) is 0 Å². The maximum atomic E-state index is 12.7. The molecule has 1 aromatic carbocycles. The monoisotopic (exact) mass is 246 g/mol. The molecule has 0 aromatic heterocycles. The second kappa shape index (κ2) is 3.84. The first-order chi connectivity index (χ1) is 8.53. The summed E-state index contributed by atoms with van der Waals surface area (Å²) in [6.07, 6.45) is 0. The average Bonchev–Trinajstić information content (AvgIpc) is 2.56. The second-order valence-corrected chi connectivity index (χ2v) is 7.06. The molecule has 0 radical (unpaired) electrons. The summed E-state index contributed by atoms with van der Waals surface area (Å²) < 4.78 is 8.06. The lowest BCUT2D eigenvalue weighted by Crippen LogP contribution is -2.41. The van der Waals surface area contributed by atoms with Crippen LogP contribution < -0.4 is 0 Å². The Balaban J connectivity index is 2.63. The highest BCUT2D eigenvalue weighted by Crippen LogP contribution is 2.35. The van der Waals surface area contributed by atoms with E-state index in [-0.39, 0.29) is 16.9 Å². The van der Waals surface area contributed by atoms with E-state index in [9.17, 15) is 4.79 Å². The fourth-order valence-electron chi connectivity index (χ4n) is 2.44. The van der Waals surface area contributed by atoms with Crippen LogP contribution in [0.5, 0.6) is 0 Å². The van der Waals surface area contributed by atoms with Crippen LogP contribution in [0.25, 0.3) is 0 Å². The van der Waals surface area contributed by atoms with Gasteiger partial charge >= 0.3 is 0 Å². The van der Waals surface area contributed by atoms with Crippen molar-refractivity contribution in [3.63, 3.8) is 0 Å². The Morgan fingerprint density at radius 1 is 1.22 bits per heavy atom. The van der Waals surface area contributed by atoms with Gasteiger partial charge in [-0.15, -0.1) is 0 Å². The molecule has 0 unspecified atom stereocenters. The number of carbonyl (C=O) groups is 1. The number of rotatable bonds is 0. The summed E-state index contributed by atoms with van der Waals surface area (Å²) in [4.78, 5) is 14.6. The molecular weight excluding hydrogens is 222 g/mol. The van der Waals surface area contributed by atoms with Gasteiger partial charge in [-0.2, -0.15) is 0 Å². The van der Waals surface area contributed by atoms with Crippen LogP contribution in [0.4, 0.5) is 0 Å². The van der Waals surface area contributed by atoms with E-state index in [1.165, 1.54) is 0 Å². The number of carbonyl (C=O) groups excluding carboxylic acids is 1. The molecular formula is C16H23NO. The minimum Gasteiger partial charge on any atom is -0.329 e. The first-order valence-corrected chi connectivity index (χ1v) is 6.48. The van der Waals surface area contributed by atoms with Crippen LogP contribution in [-0.4, -0.2) is 16.3 Å². The molecule has 0 spiro atoms. The smallest absolute Gasteiger partial charge is 0.255 e. The molecule has 98 valence electrons. The Bertz CT molecular complexity index is 535. The summed E-state index contributed by atoms with van der Waals surface area (Å²) in [6.45, 7) is 13.0. The van der Waals surface area contributed by atoms with E-state index in [2.05, 4.69) is 20.8 Å². The molecule has 18 heavy (non-hydrogen) atoms. The predicted molar refractivity (Wildman–Crippen MR) is 74.8 cm³/mol. The molecule has 1 amide bonds. The van der Waals surface area contributed by atoms with Crippen LogP contribution >= 0.6 is 0 Å². The van der Waals surface area contributed by atoms with Crippen LogP contribution in [-0.2, 0) is 12.0 Å². The Morgan fingerprint density at radius 2 is 1.83 bits per heavy atom. The summed E-state index contributed by atoms with van der Waals surface area (Å²) in [5, 5.41) is 0. The van der Waals surface area contributed by atoms with Crippen LogP contribution in [0.2, 0.25) is 0 Å². The molecule has 1 aromatic rings. The maximum Gasteiger partial charge on any atom is 0.255 e. The maximum absolute atomic E-state index is 12.7. The van der Waals surface area contributed by atoms with Crippen molar-refractivity contribution in [2.45, 2.75) is 59.0 Å². The highest BCUT2D eigenvalue weighted by atomic mass is 16.2. The standard InChI is InChI=1S/C16H23NO/c1-15(2,3)12-9-7-8-11-10-17(16(4,5)6)14(18)13(11)12/h7-9H,10H2,1-6H3/i8D. The number of amides is 1. The van der Waals surface area contributed by atoms with Crippen molar-refractivity contribution in [1.82, 2.24) is 4.90 Å². The van der Waals surface area contributed by atoms with Crippen molar-refractivity contribution in [3.05, 3.63) is 34.9 Å². The van der Waals surface area contributed by atoms with Crippen molar-refractivity contribution in [1.29, 1.82) is 0 Å². The van der Waals surface area contributed by atoms with Crippen molar-refractivity contribution < 1.29 is 6.17 Å². The van der Waals surface area contributed by atoms with Gasteiger partial charge in [-0.1, -0.05) is 38.9 Å². The Labute approximate surface area is 111 Å². The minimum atomic E-state index is -0.211. The number of nitrogens with zero attached hydrogens (tertiary/aromatic N) is 1. The van der Waals surface area contributed by atoms with E-state index >= 15 is 0 Å². The SMILES string of the molecule is [2H]c1ccc(C(C)(C)C)c2c1CN(C(C)(C)C)C2=O. The molecule has 0 bridgehead atoms. The van der Waals surface area contributed by atoms with Gasteiger partial charge in [0.25, 0.3) is 5.91 Å². The topological polar surface area (TPSA) is 20.3 Å². The molecule has 1 aliphatic heterocycles. The van der Waals surface area contributed by atoms with Gasteiger partial charge in [-0.25, -0.2) is 0 Å². The summed E-state index contributed by atoms with van der Waals surface area (Å²) in [7, 11) is 0. The van der Waals surface area contributed by atoms with Crippen LogP contribution in [0.1, 0.15) is 64.4 Å². The van der Waals surface area contributed by atoms with Crippen LogP contribution in [0.3, 0.4) is 0 Å². The van der Waals surface area contributed by atoms with Crippen molar-refractivity contribution >= 4 is 5.91 Å². The lowest BCUT2D eigenvalue weighted by molar-refractivity contribution is 0.0608. The minimum absolute atomic E-state index is 0.0709. The summed E-state index contributed by atoms with van der Waals surface area (Å²) in [6, 6.07) is 4.23. The van der Waals surface area contributed by atoms with Crippen molar-refractivity contribution in [2.75, 3.05) is 0 Å². The molecule has 0 N–H and O–H groups in total. The molecule has 1 heterocycles. The van der Waals surface area contributed by atoms with Crippen LogP contribution in [0.15, 0.2) is 18.2 Å². The number of benzene rings is 1. The normalized spacial score (nSPS) is 16.9. The van der Waals surface area contributed by atoms with E-state index < -0.39 is 0 Å². The highest BCUT2D eigenvalue weighted by molar-refractivity contribution is 6.00. The quantitative estimate of drug-likeness (QED) is 0.683. The Kier molecular flexibility index (Phi) is 2.51. The summed E-state index contributed by atoms with van der Waals surface area (Å²) in [5.74, 6) is 0.0709. The fraction of sp³-hybridized carbons (Fsp3) is 0.562. The van der Waals surface area contributed by atoms with Gasteiger partial charge in [0, 0.05) is 17.6 Å². The van der Waals surface area contributed by atoms with E-state index in [4.69, 9.17) is 1.37 Å². The van der Waals surface area contributed by atoms with Crippen LogP contribution in [0, 0.1) is 0 Å². The molecule has 2 nitrogen and oxygen atoms in total. The van der Waals surface area contributed by atoms with E-state index in [1.54, 1.807) is 0 Å². The highest BCUT2D eigenvalue weighted by Gasteiger charge is 2.37. The zero-order valence-corrected chi connectivity index (χ0v) is 12.2. The Morgan fingerprint density at radius 3 is 2.33 bits per heavy atom. The van der Waals surface area contributed by atoms with Crippen molar-refractivity contribution in [2.24, 2.45) is 0 Å². The van der Waals surface area contributed by atoms with E-state index in [0.717, 1.165) is 16.7 Å². The van der Waals surface area contributed by atoms with Gasteiger partial charge in [0.15, 0.2) is 0 Å². The first-order valence-electron chi connectivity index (χ1n) is 6.98. The van der Waals surface area contributed by atoms with Gasteiger partial charge in [0.1, 0.15) is 0 Å². The first kappa shape index (κ1) is 11.8. The third kappa shape index (κ3) is 2.05. The summed E-state index contributed by atoms with van der Waals surface area (Å²) in [5.41, 5.74) is 2.40. The van der Waals surface area contributed by atoms with Gasteiger partial charge in [-0.05, 0) is 37.3 Å². The van der Waals surface area contributed by atoms with E-state index in [1.807, 2.05) is 37.8 Å². The fourth-order valence-corrected chi connectivity index (χ4v) is 2.44. The molecule has 2 rings (SSSR count). The number of hydrogen-bond donors (Lipinski definition) is 0. The van der Waals surface area contributed by atoms with Gasteiger partial charge in [0.05, 0.1) is 1.37 Å². The summed E-state index contributed by atoms with van der Waals surface area (Å²) >= 11 is 0. The number of hydrogen-bond acceptors (Lipinski definition) is 1. The lowest BCUT2D eigenvalue weighted by Gasteiger charge is -2.32. The largest absolute Gasteiger partial charge is 0.329 e. The third-order valence-electron chi connectivity index (χ3n) is 3.47.